The molecular weight excluding hydrogens is 318 g/mol. The predicted octanol–water partition coefficient (Wildman–Crippen LogP) is 2.32. The Kier molecular flexibility index (Phi) is 5.07. The Morgan fingerprint density at radius 3 is 2.52 bits per heavy atom. The van der Waals surface area contributed by atoms with Gasteiger partial charge in [-0.2, -0.15) is 0 Å². The molecule has 1 aromatic carbocycles. The van der Waals surface area contributed by atoms with Crippen molar-refractivity contribution < 1.29 is 14.3 Å². The van der Waals surface area contributed by atoms with Gasteiger partial charge in [-0.05, 0) is 30.7 Å². The first-order chi connectivity index (χ1) is 12.2. The summed E-state index contributed by atoms with van der Waals surface area (Å²) in [7, 11) is 1.59. The number of piperazine rings is 1. The van der Waals surface area contributed by atoms with Crippen molar-refractivity contribution in [3.8, 4) is 5.75 Å². The number of carbonyl (C=O) groups excluding carboxylic acids is 2. The highest BCUT2D eigenvalue weighted by atomic mass is 16.5. The Morgan fingerprint density at radius 2 is 1.88 bits per heavy atom. The minimum Gasteiger partial charge on any atom is -0.495 e. The summed E-state index contributed by atoms with van der Waals surface area (Å²) in [5, 5.41) is 0. The molecular formula is C19H23N3O3. The lowest BCUT2D eigenvalue weighted by molar-refractivity contribution is -0.139. The van der Waals surface area contributed by atoms with Crippen molar-refractivity contribution in [2.75, 3.05) is 31.6 Å². The van der Waals surface area contributed by atoms with E-state index in [0.29, 0.717) is 25.3 Å². The number of aromatic nitrogens is 1. The molecule has 132 valence electrons. The molecule has 1 aliphatic heterocycles. The van der Waals surface area contributed by atoms with E-state index < -0.39 is 0 Å². The predicted molar refractivity (Wildman–Crippen MR) is 95.7 cm³/mol. The molecule has 1 unspecified atom stereocenters. The van der Waals surface area contributed by atoms with Crippen LogP contribution in [0.2, 0.25) is 0 Å². The first kappa shape index (κ1) is 17.1. The van der Waals surface area contributed by atoms with Crippen LogP contribution in [0.1, 0.15) is 19.4 Å². The molecule has 3 rings (SSSR count). The maximum Gasteiger partial charge on any atom is 0.246 e. The largest absolute Gasteiger partial charge is 0.495 e. The Balaban J connectivity index is 1.73. The molecule has 0 bridgehead atoms. The molecule has 25 heavy (non-hydrogen) atoms. The Morgan fingerprint density at radius 1 is 1.16 bits per heavy atom. The molecule has 6 nitrogen and oxygen atoms in total. The van der Waals surface area contributed by atoms with Crippen LogP contribution in [0.5, 0.6) is 5.75 Å². The number of para-hydroxylation sites is 2. The third-order valence-electron chi connectivity index (χ3n) is 4.57. The van der Waals surface area contributed by atoms with Gasteiger partial charge < -0.3 is 19.1 Å². The smallest absolute Gasteiger partial charge is 0.246 e. The zero-order valence-corrected chi connectivity index (χ0v) is 14.6. The third kappa shape index (κ3) is 3.38. The number of carbonyl (C=O) groups is 2. The van der Waals surface area contributed by atoms with E-state index in [1.54, 1.807) is 16.9 Å². The van der Waals surface area contributed by atoms with Crippen LogP contribution in [0.25, 0.3) is 0 Å². The summed E-state index contributed by atoms with van der Waals surface area (Å²) in [6.45, 7) is 3.05. The van der Waals surface area contributed by atoms with Gasteiger partial charge in [0.2, 0.25) is 11.8 Å². The molecule has 2 aromatic rings. The fourth-order valence-electron chi connectivity index (χ4n) is 3.25. The minimum absolute atomic E-state index is 0.00766. The topological polar surface area (TPSA) is 54.8 Å². The fourth-order valence-corrected chi connectivity index (χ4v) is 3.25. The number of hydrogen-bond donors (Lipinski definition) is 0. The van der Waals surface area contributed by atoms with Gasteiger partial charge in [0.05, 0.1) is 12.8 Å². The second-order valence-electron chi connectivity index (χ2n) is 6.03. The average Bonchev–Trinajstić information content (AvgIpc) is 3.16. The Hall–Kier alpha value is -2.76. The number of anilines is 1. The van der Waals surface area contributed by atoms with Crippen molar-refractivity contribution in [1.29, 1.82) is 0 Å². The second-order valence-corrected chi connectivity index (χ2v) is 6.03. The number of benzene rings is 1. The maximum atomic E-state index is 12.8. The van der Waals surface area contributed by atoms with Crippen LogP contribution < -0.4 is 9.64 Å². The second kappa shape index (κ2) is 7.42. The summed E-state index contributed by atoms with van der Waals surface area (Å²) in [4.78, 5) is 28.8. The van der Waals surface area contributed by atoms with Crippen molar-refractivity contribution in [1.82, 2.24) is 9.47 Å². The van der Waals surface area contributed by atoms with Gasteiger partial charge in [0, 0.05) is 25.5 Å². The first-order valence-electron chi connectivity index (χ1n) is 8.50. The van der Waals surface area contributed by atoms with E-state index in [9.17, 15) is 9.59 Å². The molecule has 0 saturated carbocycles. The highest BCUT2D eigenvalue weighted by molar-refractivity contribution is 5.99. The Bertz CT molecular complexity index is 742. The number of ether oxygens (including phenoxy) is 1. The molecule has 0 spiro atoms. The lowest BCUT2D eigenvalue weighted by atomic mass is 10.1. The van der Waals surface area contributed by atoms with E-state index in [2.05, 4.69) is 0 Å². The summed E-state index contributed by atoms with van der Waals surface area (Å²) >= 11 is 0. The van der Waals surface area contributed by atoms with Gasteiger partial charge in [-0.1, -0.05) is 19.1 Å². The third-order valence-corrected chi connectivity index (χ3v) is 4.57. The SMILES string of the molecule is CCC(C(=O)N1CCN(c2ccccc2OC)C(=O)C1)n1cccc1. The van der Waals surface area contributed by atoms with E-state index in [1.165, 1.54) is 0 Å². The van der Waals surface area contributed by atoms with Crippen molar-refractivity contribution >= 4 is 17.5 Å². The van der Waals surface area contributed by atoms with Crippen LogP contribution in [-0.4, -0.2) is 48.0 Å². The van der Waals surface area contributed by atoms with E-state index >= 15 is 0 Å². The summed E-state index contributed by atoms with van der Waals surface area (Å²) in [6.07, 6.45) is 4.46. The van der Waals surface area contributed by atoms with Crippen molar-refractivity contribution in [3.05, 3.63) is 48.8 Å². The van der Waals surface area contributed by atoms with Crippen LogP contribution in [0.3, 0.4) is 0 Å². The molecule has 1 aliphatic rings. The van der Waals surface area contributed by atoms with Crippen LogP contribution >= 0.6 is 0 Å². The number of methoxy groups -OCH3 is 1. The molecule has 6 heteroatoms. The van der Waals surface area contributed by atoms with Gasteiger partial charge in [-0.15, -0.1) is 0 Å². The molecule has 2 amide bonds. The number of rotatable bonds is 5. The normalized spacial score (nSPS) is 16.0. The van der Waals surface area contributed by atoms with Crippen LogP contribution in [0.4, 0.5) is 5.69 Å². The van der Waals surface area contributed by atoms with Gasteiger partial charge in [-0.25, -0.2) is 0 Å². The van der Waals surface area contributed by atoms with E-state index in [0.717, 1.165) is 5.69 Å². The highest BCUT2D eigenvalue weighted by Crippen LogP contribution is 2.29. The lowest BCUT2D eigenvalue weighted by Crippen LogP contribution is -2.53. The summed E-state index contributed by atoms with van der Waals surface area (Å²) in [6, 6.07) is 11.0. The minimum atomic E-state index is -0.263. The zero-order chi connectivity index (χ0) is 17.8. The maximum absolute atomic E-state index is 12.8. The van der Waals surface area contributed by atoms with Gasteiger partial charge >= 0.3 is 0 Å². The summed E-state index contributed by atoms with van der Waals surface area (Å²) in [5.74, 6) is 0.563. The highest BCUT2D eigenvalue weighted by Gasteiger charge is 2.32. The van der Waals surface area contributed by atoms with Crippen molar-refractivity contribution in [3.63, 3.8) is 0 Å². The summed E-state index contributed by atoms with van der Waals surface area (Å²) in [5.41, 5.74) is 0.750. The van der Waals surface area contributed by atoms with Crippen molar-refractivity contribution in [2.24, 2.45) is 0 Å². The molecule has 1 saturated heterocycles. The Labute approximate surface area is 147 Å². The van der Waals surface area contributed by atoms with Crippen LogP contribution in [0.15, 0.2) is 48.8 Å². The molecule has 1 atom stereocenters. The van der Waals surface area contributed by atoms with E-state index in [1.807, 2.05) is 60.3 Å². The molecule has 1 fully saturated rings. The quantitative estimate of drug-likeness (QED) is 0.839. The molecule has 0 radical (unpaired) electrons. The van der Waals surface area contributed by atoms with Gasteiger partial charge in [0.1, 0.15) is 18.3 Å². The standard InChI is InChI=1S/C19H23N3O3/c1-3-15(20-10-6-7-11-20)19(24)21-12-13-22(18(23)14-21)16-8-4-5-9-17(16)25-2/h4-11,15H,3,12-14H2,1-2H3. The summed E-state index contributed by atoms with van der Waals surface area (Å²) < 4.78 is 7.25. The van der Waals surface area contributed by atoms with Crippen LogP contribution in [-0.2, 0) is 9.59 Å². The first-order valence-corrected chi connectivity index (χ1v) is 8.50. The molecule has 0 aliphatic carbocycles. The number of amides is 2. The van der Waals surface area contributed by atoms with Gasteiger partial charge in [0.25, 0.3) is 0 Å². The zero-order valence-electron chi connectivity index (χ0n) is 14.6. The van der Waals surface area contributed by atoms with E-state index in [4.69, 9.17) is 4.74 Å². The van der Waals surface area contributed by atoms with Gasteiger partial charge in [0.15, 0.2) is 0 Å². The molecule has 0 N–H and O–H groups in total. The molecule has 1 aromatic heterocycles. The average molecular weight is 341 g/mol. The van der Waals surface area contributed by atoms with Gasteiger partial charge in [-0.3, -0.25) is 9.59 Å². The lowest BCUT2D eigenvalue weighted by Gasteiger charge is -2.36. The number of nitrogens with zero attached hydrogens (tertiary/aromatic N) is 3. The van der Waals surface area contributed by atoms with Crippen molar-refractivity contribution in [2.45, 2.75) is 19.4 Å². The monoisotopic (exact) mass is 341 g/mol. The van der Waals surface area contributed by atoms with Crippen LogP contribution in [0, 0.1) is 0 Å². The van der Waals surface area contributed by atoms with E-state index in [-0.39, 0.29) is 24.4 Å². The fraction of sp³-hybridized carbons (Fsp3) is 0.368. The molecule has 2 heterocycles. The number of hydrogen-bond acceptors (Lipinski definition) is 3.